The number of aliphatic hydroxyl groups excluding tert-OH is 10. The Labute approximate surface area is 375 Å². The molecule has 0 saturated carbocycles. The molecule has 0 heterocycles. The van der Waals surface area contributed by atoms with Crippen molar-refractivity contribution in [2.75, 3.05) is 0 Å². The molecule has 10 unspecified atom stereocenters. The third-order valence-corrected chi connectivity index (χ3v) is 3.91. The van der Waals surface area contributed by atoms with E-state index in [2.05, 4.69) is 0 Å². The van der Waals surface area contributed by atoms with Crippen molar-refractivity contribution in [3.63, 3.8) is 0 Å². The second-order valence-electron chi connectivity index (χ2n) is 7.64. The molecule has 0 rings (SSSR count). The molecule has 0 fully saturated rings. The zero-order chi connectivity index (χ0) is 41.5. The Morgan fingerprint density at radius 2 is 0.259 bits per heavy atom. The molecule has 0 aromatic rings. The summed E-state index contributed by atoms with van der Waals surface area (Å²) in [6.45, 7) is 0. The molecule has 10 atom stereocenters. The summed E-state index contributed by atoms with van der Waals surface area (Å²) in [5.41, 5.74) is 0. The van der Waals surface area contributed by atoms with Crippen LogP contribution >= 0.6 is 0 Å². The number of hydrogen-bond donors (Lipinski definition) is 10. The molecule has 10 N–H and O–H groups in total. The number of rotatable bonds is 15. The van der Waals surface area contributed by atoms with Gasteiger partial charge in [-0.3, -0.25) is 0 Å². The van der Waals surface area contributed by atoms with Gasteiger partial charge in [-0.1, -0.05) is 0 Å². The van der Waals surface area contributed by atoms with Crippen LogP contribution in [-0.2, 0) is 47.9 Å². The topological polar surface area (TPSA) is 604 Å². The number of carbonyl (C=O) groups excluding carboxylic acids is 10. The van der Waals surface area contributed by atoms with Crippen molar-refractivity contribution < 1.29 is 180 Å². The zero-order valence-electron chi connectivity index (χ0n) is 25.8. The third kappa shape index (κ3) is 35.6. The van der Waals surface area contributed by atoms with Crippen LogP contribution in [0.1, 0.15) is 0 Å². The first-order chi connectivity index (χ1) is 22.3. The van der Waals surface area contributed by atoms with Gasteiger partial charge in [0.1, 0.15) is 61.0 Å². The molecule has 0 spiro atoms. The number of hydrogen-bond acceptors (Lipinski definition) is 30. The second-order valence-corrected chi connectivity index (χ2v) is 7.64. The first kappa shape index (κ1) is 73.1. The minimum Gasteiger partial charge on any atom is -0.547 e. The summed E-state index contributed by atoms with van der Waals surface area (Å²) in [6.07, 6.45) is -24.4. The van der Waals surface area contributed by atoms with E-state index in [-0.39, 0.29) is 108 Å². The summed E-state index contributed by atoms with van der Waals surface area (Å²) >= 11 is 0. The van der Waals surface area contributed by atoms with Crippen molar-refractivity contribution in [1.29, 1.82) is 0 Å². The van der Waals surface area contributed by atoms with Gasteiger partial charge in [0, 0.05) is 0 Å². The fraction of sp³-hybridized carbons (Fsp3) is 0.500. The first-order valence-electron chi connectivity index (χ1n) is 11.2. The summed E-state index contributed by atoms with van der Waals surface area (Å²) in [4.78, 5) is 96.3. The smallest absolute Gasteiger partial charge is 0.547 e. The van der Waals surface area contributed by atoms with Crippen molar-refractivity contribution in [3.8, 4) is 0 Å². The van der Waals surface area contributed by atoms with Crippen molar-refractivity contribution in [2.45, 2.75) is 61.0 Å². The molecular weight excluding hydrogens is 1370 g/mol. The molecule has 0 amide bonds. The van der Waals surface area contributed by atoms with E-state index in [1.54, 1.807) is 0 Å². The molecule has 0 saturated heterocycles. The summed E-state index contributed by atoms with van der Waals surface area (Å²) < 4.78 is 0. The summed E-state index contributed by atoms with van der Waals surface area (Å²) in [5, 5.41) is 179. The summed E-state index contributed by atoms with van der Waals surface area (Å²) in [7, 11) is 0. The van der Waals surface area contributed by atoms with Crippen LogP contribution in [0.2, 0.25) is 0 Å². The maximum Gasteiger partial charge on any atom is 3.00 e. The molecule has 34 heteroatoms. The van der Waals surface area contributed by atoms with E-state index in [0.717, 1.165) is 0 Å². The summed E-state index contributed by atoms with van der Waals surface area (Å²) in [6, 6.07) is 0. The maximum absolute atomic E-state index is 9.63. The van der Waals surface area contributed by atoms with Crippen LogP contribution in [-0.4, -0.2) is 250 Å². The van der Waals surface area contributed by atoms with E-state index in [1.807, 2.05) is 0 Å². The largest absolute Gasteiger partial charge is 3.00 e. The van der Waals surface area contributed by atoms with E-state index >= 15 is 0 Å². The SMILES string of the molecule is O=C([O-])C(O)C(O)C(=O)[O-].O=C([O-])C(O)C(O)C(=O)[O-].O=C([O-])C(O)C(O)C(=O)[O-].O=C([O-])C(O)C(O)C(=O)[O-].O=C([O-])C(O)C(O)C(=O)[O-].[Bi+3].[Bi+3].[Bi+3].[Na+]. The van der Waals surface area contributed by atoms with Crippen LogP contribution in [0.15, 0.2) is 0 Å². The van der Waals surface area contributed by atoms with Crippen molar-refractivity contribution in [3.05, 3.63) is 0 Å². The van der Waals surface area contributed by atoms with Gasteiger partial charge in [-0.25, -0.2) is 0 Å². The molecule has 296 valence electrons. The van der Waals surface area contributed by atoms with E-state index in [0.29, 0.717) is 0 Å². The normalized spacial score (nSPS) is 14.6. The van der Waals surface area contributed by atoms with E-state index in [1.165, 1.54) is 0 Å². The Morgan fingerprint density at radius 1 is 0.222 bits per heavy atom. The van der Waals surface area contributed by atoms with Gasteiger partial charge in [0.2, 0.25) is 0 Å². The number of aliphatic carboxylic acids is 10. The van der Waals surface area contributed by atoms with Gasteiger partial charge < -0.3 is 150 Å². The fourth-order valence-corrected chi connectivity index (χ4v) is 1.29. The van der Waals surface area contributed by atoms with Crippen LogP contribution in [0.4, 0.5) is 0 Å². The Morgan fingerprint density at radius 3 is 0.278 bits per heavy atom. The predicted octanol–water partition coefficient (Wildman–Crippen LogP) is -28.1. The molecule has 0 aromatic heterocycles. The maximum atomic E-state index is 9.63. The van der Waals surface area contributed by atoms with Gasteiger partial charge in [0.25, 0.3) is 0 Å². The van der Waals surface area contributed by atoms with Gasteiger partial charge in [-0.05, 0) is 0 Å². The van der Waals surface area contributed by atoms with Crippen molar-refractivity contribution >= 4 is 138 Å². The van der Waals surface area contributed by atoms with Gasteiger partial charge in [-0.2, -0.15) is 0 Å². The molecule has 0 bridgehead atoms. The van der Waals surface area contributed by atoms with E-state index in [9.17, 15) is 99.0 Å². The quantitative estimate of drug-likeness (QED) is 0.0681. The number of carboxylic acids is 10. The molecular formula is C20H20Bi3NaO30. The third-order valence-electron chi connectivity index (χ3n) is 3.91. The van der Waals surface area contributed by atoms with Gasteiger partial charge in [-0.15, -0.1) is 0 Å². The average molecular weight is 1390 g/mol. The van der Waals surface area contributed by atoms with Crippen LogP contribution < -0.4 is 80.6 Å². The van der Waals surface area contributed by atoms with Crippen LogP contribution in [0.3, 0.4) is 0 Å². The number of carbonyl (C=O) groups is 10. The molecule has 0 aliphatic carbocycles. The number of aliphatic hydroxyl groups is 10. The Bertz CT molecular complexity index is 902. The van der Waals surface area contributed by atoms with Crippen molar-refractivity contribution in [2.24, 2.45) is 0 Å². The zero-order valence-corrected chi connectivity index (χ0v) is 38.2. The van der Waals surface area contributed by atoms with Gasteiger partial charge >= 0.3 is 108 Å². The average Bonchev–Trinajstić information content (AvgIpc) is 3.01. The molecule has 0 aromatic carbocycles. The molecule has 6 radical (unpaired) electrons. The Hall–Kier alpha value is -2.05. The molecule has 54 heavy (non-hydrogen) atoms. The molecule has 30 nitrogen and oxygen atoms in total. The molecule has 0 aliphatic heterocycles. The monoisotopic (exact) mass is 1390 g/mol. The number of carboxylic acid groups (broad SMARTS) is 10. The van der Waals surface area contributed by atoms with E-state index in [4.69, 9.17) is 51.1 Å². The standard InChI is InChI=1S/5C4H6O6.3Bi.Na/c5*5-1(3(7)8)2(6)4(9)10;;;;/h5*1-2,5-6H,(H,7,8)(H,9,10);;;;/q;;;;;3*+3;+1/p-10. The van der Waals surface area contributed by atoms with Gasteiger partial charge in [0.15, 0.2) is 0 Å². The summed E-state index contributed by atoms with van der Waals surface area (Å²) in [5.74, 6) is -20.6. The molecule has 0 aliphatic rings. The minimum atomic E-state index is -2.44. The fourth-order valence-electron chi connectivity index (χ4n) is 1.29. The van der Waals surface area contributed by atoms with Gasteiger partial charge in [0.05, 0.1) is 59.7 Å². The van der Waals surface area contributed by atoms with Crippen LogP contribution in [0.5, 0.6) is 0 Å². The Kier molecular flexibility index (Phi) is 51.2. The van der Waals surface area contributed by atoms with E-state index < -0.39 is 121 Å². The van der Waals surface area contributed by atoms with Crippen LogP contribution in [0, 0.1) is 0 Å². The minimum absolute atomic E-state index is 0. The first-order valence-corrected chi connectivity index (χ1v) is 11.2. The van der Waals surface area contributed by atoms with Crippen molar-refractivity contribution in [1.82, 2.24) is 0 Å². The second kappa shape index (κ2) is 37.9. The predicted molar refractivity (Wildman–Crippen MR) is 127 cm³/mol. The van der Waals surface area contributed by atoms with Crippen LogP contribution in [0.25, 0.3) is 0 Å². The Balaban J connectivity index is -0.0000000657.